The fourth-order valence-corrected chi connectivity index (χ4v) is 11.1. The lowest BCUT2D eigenvalue weighted by Gasteiger charge is -2.48. The van der Waals surface area contributed by atoms with Gasteiger partial charge in [0.15, 0.2) is 5.75 Å². The second-order valence-electron chi connectivity index (χ2n) is 10.9. The zero-order valence-corrected chi connectivity index (χ0v) is 26.0. The van der Waals surface area contributed by atoms with Crippen LogP contribution in [0.5, 0.6) is 5.75 Å². The normalized spacial score (nSPS) is 21.4. The van der Waals surface area contributed by atoms with Gasteiger partial charge in [-0.05, 0) is 31.3 Å². The Hall–Kier alpha value is -2.27. The van der Waals surface area contributed by atoms with E-state index in [4.69, 9.17) is 18.6 Å². The Labute approximate surface area is 239 Å². The summed E-state index contributed by atoms with van der Waals surface area (Å²) in [7, 11) is 1.77. The van der Waals surface area contributed by atoms with Crippen LogP contribution in [0.4, 0.5) is 0 Å². The number of aliphatic hydroxyl groups excluding tert-OH is 1. The van der Waals surface area contributed by atoms with E-state index in [0.717, 1.165) is 0 Å². The van der Waals surface area contributed by atoms with Crippen molar-refractivity contribution in [2.75, 3.05) is 27.9 Å². The number of fused-ring (bicyclic) bond motifs is 1. The number of methoxy groups -OCH3 is 3. The van der Waals surface area contributed by atoms with Gasteiger partial charge in [-0.25, -0.2) is 0 Å². The summed E-state index contributed by atoms with van der Waals surface area (Å²) in [6.07, 6.45) is 0.293. The molecule has 210 valence electrons. The van der Waals surface area contributed by atoms with Gasteiger partial charge in [0.05, 0.1) is 23.8 Å². The molecular formula is C30H38BrNO6Si. The third-order valence-corrected chi connectivity index (χ3v) is 13.5. The maximum atomic E-state index is 12.9. The summed E-state index contributed by atoms with van der Waals surface area (Å²) in [6.45, 7) is 7.19. The van der Waals surface area contributed by atoms with Crippen LogP contribution < -0.4 is 20.5 Å². The first-order chi connectivity index (χ1) is 18.6. The number of hydrogen-bond donors (Lipinski definition) is 1. The molecule has 0 fully saturated rings. The van der Waals surface area contributed by atoms with Gasteiger partial charge in [-0.1, -0.05) is 81.4 Å². The molecular weight excluding hydrogens is 578 g/mol. The number of halogens is 1. The fraction of sp³-hybridized carbons (Fsp3) is 0.433. The molecule has 9 heteroatoms. The number of aliphatic hydroxyl groups is 1. The van der Waals surface area contributed by atoms with Crippen LogP contribution in [0.25, 0.3) is 0 Å². The minimum absolute atomic E-state index is 0.164. The van der Waals surface area contributed by atoms with Gasteiger partial charge in [0.1, 0.15) is 17.8 Å². The number of benzene rings is 2. The van der Waals surface area contributed by atoms with E-state index >= 15 is 0 Å². The summed E-state index contributed by atoms with van der Waals surface area (Å²) in [6, 6.07) is 20.8. The first kappa shape index (κ1) is 29.7. The summed E-state index contributed by atoms with van der Waals surface area (Å²) in [5.41, 5.74) is -0.921. The van der Waals surface area contributed by atoms with E-state index in [0.29, 0.717) is 23.2 Å². The Morgan fingerprint density at radius 3 is 2.05 bits per heavy atom. The maximum absolute atomic E-state index is 12.9. The summed E-state index contributed by atoms with van der Waals surface area (Å²) in [4.78, 5) is 12.9. The van der Waals surface area contributed by atoms with E-state index in [9.17, 15) is 9.90 Å². The molecule has 0 saturated heterocycles. The molecule has 1 aromatic heterocycles. The van der Waals surface area contributed by atoms with Gasteiger partial charge in [-0.3, -0.25) is 4.79 Å². The van der Waals surface area contributed by atoms with E-state index < -0.39 is 26.1 Å². The molecule has 0 spiro atoms. The van der Waals surface area contributed by atoms with Crippen molar-refractivity contribution >= 4 is 34.6 Å². The van der Waals surface area contributed by atoms with Crippen molar-refractivity contribution in [2.45, 2.75) is 56.6 Å². The minimum atomic E-state index is -2.80. The van der Waals surface area contributed by atoms with E-state index in [1.807, 2.05) is 12.1 Å². The lowest BCUT2D eigenvalue weighted by molar-refractivity contribution is -0.201. The minimum Gasteiger partial charge on any atom is -0.491 e. The number of hydrogen-bond acceptors (Lipinski definition) is 6. The number of nitrogens with zero attached hydrogens (tertiary/aromatic N) is 1. The first-order valence-corrected chi connectivity index (χ1v) is 15.7. The van der Waals surface area contributed by atoms with Crippen LogP contribution in [0.15, 0.2) is 76.1 Å². The smallest absolute Gasteiger partial charge is 0.261 e. The molecule has 0 amide bonds. The van der Waals surface area contributed by atoms with Gasteiger partial charge in [0, 0.05) is 33.4 Å². The Morgan fingerprint density at radius 2 is 1.59 bits per heavy atom. The number of pyridine rings is 1. The largest absolute Gasteiger partial charge is 0.491 e. The van der Waals surface area contributed by atoms with Crippen molar-refractivity contribution in [1.29, 1.82) is 0 Å². The third kappa shape index (κ3) is 5.05. The predicted octanol–water partition coefficient (Wildman–Crippen LogP) is 4.03. The van der Waals surface area contributed by atoms with Gasteiger partial charge in [-0.15, -0.1) is 0 Å². The second-order valence-corrected chi connectivity index (χ2v) is 16.1. The van der Waals surface area contributed by atoms with E-state index in [1.165, 1.54) is 17.5 Å². The summed E-state index contributed by atoms with van der Waals surface area (Å²) < 4.78 is 26.9. The van der Waals surface area contributed by atoms with Crippen molar-refractivity contribution in [1.82, 2.24) is 4.57 Å². The van der Waals surface area contributed by atoms with Crippen LogP contribution in [0, 0.1) is 0 Å². The average Bonchev–Trinajstić information content (AvgIpc) is 2.92. The fourth-order valence-electron chi connectivity index (χ4n) is 6.06. The van der Waals surface area contributed by atoms with Gasteiger partial charge < -0.3 is 28.3 Å². The molecule has 39 heavy (non-hydrogen) atoms. The lowest BCUT2D eigenvalue weighted by Crippen LogP contribution is -2.67. The molecule has 7 nitrogen and oxygen atoms in total. The molecule has 0 radical (unpaired) electrons. The molecule has 4 rings (SSSR count). The number of ether oxygens (including phenoxy) is 3. The molecule has 2 aromatic carbocycles. The maximum Gasteiger partial charge on any atom is 0.261 e. The SMILES string of the molecule is COc1c2n(cc(Br)c1=O)CC(O)C(CCO[Si](c1ccccc1)(c1ccccc1)C(C)(C)C)(OC)C2OC. The molecule has 3 unspecified atom stereocenters. The van der Waals surface area contributed by atoms with Crippen LogP contribution in [-0.4, -0.2) is 57.6 Å². The van der Waals surface area contributed by atoms with Crippen molar-refractivity contribution in [2.24, 2.45) is 0 Å². The summed E-state index contributed by atoms with van der Waals surface area (Å²) >= 11 is 3.32. The molecule has 1 aliphatic heterocycles. The zero-order valence-electron chi connectivity index (χ0n) is 23.4. The number of aromatic nitrogens is 1. The monoisotopic (exact) mass is 615 g/mol. The van der Waals surface area contributed by atoms with Crippen molar-refractivity contribution in [3.05, 3.63) is 87.3 Å². The Morgan fingerprint density at radius 1 is 1.03 bits per heavy atom. The highest BCUT2D eigenvalue weighted by Gasteiger charge is 2.54. The second kappa shape index (κ2) is 11.7. The Balaban J connectivity index is 1.78. The van der Waals surface area contributed by atoms with Gasteiger partial charge in [0.25, 0.3) is 8.32 Å². The standard InChI is InChI=1S/C30H38BrNO6Si/c1-29(2,3)39(21-13-9-7-10-14-21,22-15-11-8-12-16-22)38-18-17-30(37-6)24(33)20-32-19-23(31)26(34)27(35-4)25(32)28(30)36-5/h7-16,19,24,28,33H,17-18,20H2,1-6H3. The predicted molar refractivity (Wildman–Crippen MR) is 159 cm³/mol. The van der Waals surface area contributed by atoms with Crippen LogP contribution in [0.1, 0.15) is 39.0 Å². The van der Waals surface area contributed by atoms with Crippen molar-refractivity contribution in [3.8, 4) is 5.75 Å². The zero-order chi connectivity index (χ0) is 28.4. The molecule has 1 aliphatic rings. The molecule has 0 bridgehead atoms. The highest BCUT2D eigenvalue weighted by atomic mass is 79.9. The van der Waals surface area contributed by atoms with Crippen LogP contribution in [0.2, 0.25) is 5.04 Å². The first-order valence-electron chi connectivity index (χ1n) is 13.0. The molecule has 3 atom stereocenters. The molecule has 0 saturated carbocycles. The Kier molecular flexibility index (Phi) is 8.90. The highest BCUT2D eigenvalue weighted by Crippen LogP contribution is 2.45. The Bertz CT molecular complexity index is 1290. The summed E-state index contributed by atoms with van der Waals surface area (Å²) in [5, 5.41) is 13.7. The van der Waals surface area contributed by atoms with Gasteiger partial charge in [0.2, 0.25) is 5.43 Å². The van der Waals surface area contributed by atoms with Crippen LogP contribution >= 0.6 is 15.9 Å². The van der Waals surface area contributed by atoms with E-state index in [1.54, 1.807) is 25.0 Å². The highest BCUT2D eigenvalue weighted by molar-refractivity contribution is 9.10. The topological polar surface area (TPSA) is 79.2 Å². The van der Waals surface area contributed by atoms with E-state index in [2.05, 4.69) is 85.2 Å². The number of rotatable bonds is 9. The molecule has 3 aromatic rings. The van der Waals surface area contributed by atoms with Crippen molar-refractivity contribution < 1.29 is 23.7 Å². The molecule has 0 aliphatic carbocycles. The molecule has 1 N–H and O–H groups in total. The average molecular weight is 617 g/mol. The quantitative estimate of drug-likeness (QED) is 0.366. The van der Waals surface area contributed by atoms with E-state index in [-0.39, 0.29) is 22.8 Å². The van der Waals surface area contributed by atoms with Gasteiger partial charge in [-0.2, -0.15) is 0 Å². The third-order valence-electron chi connectivity index (χ3n) is 7.91. The van der Waals surface area contributed by atoms with Crippen LogP contribution in [-0.2, 0) is 20.4 Å². The molecule has 2 heterocycles. The lowest BCUT2D eigenvalue weighted by atomic mass is 9.81. The summed E-state index contributed by atoms with van der Waals surface area (Å²) in [5.74, 6) is 0.164. The van der Waals surface area contributed by atoms with Crippen LogP contribution in [0.3, 0.4) is 0 Å². The van der Waals surface area contributed by atoms with Crippen molar-refractivity contribution in [3.63, 3.8) is 0 Å². The van der Waals surface area contributed by atoms with Gasteiger partial charge >= 0.3 is 0 Å².